The third-order valence-electron chi connectivity index (χ3n) is 9.12. The summed E-state index contributed by atoms with van der Waals surface area (Å²) in [7, 11) is -4.16. The predicted molar refractivity (Wildman–Crippen MR) is 161 cm³/mol. The quantitative estimate of drug-likeness (QED) is 0.412. The first-order valence-electron chi connectivity index (χ1n) is 15.2. The fourth-order valence-electron chi connectivity index (χ4n) is 6.33. The SMILES string of the molecule is CC1(C)CC2CNCCCc3ccc(cc3)S(=O)(=O)NC(=O)c3ccc(-n4ccc(OCCC5(C(F)(F)F)CC5)n4)nc3N1C2. The zero-order valence-electron chi connectivity index (χ0n) is 25.2. The molecule has 4 aliphatic rings. The van der Waals surface area contributed by atoms with Gasteiger partial charge >= 0.3 is 6.18 Å². The summed E-state index contributed by atoms with van der Waals surface area (Å²) in [6, 6.07) is 11.1. The lowest BCUT2D eigenvalue weighted by Crippen LogP contribution is -2.41. The summed E-state index contributed by atoms with van der Waals surface area (Å²) in [5.41, 5.74) is -0.953. The normalized spacial score (nSPS) is 22.4. The van der Waals surface area contributed by atoms with Crippen LogP contribution in [0.2, 0.25) is 0 Å². The Morgan fingerprint density at radius 1 is 1.09 bits per heavy atom. The van der Waals surface area contributed by atoms with Crippen molar-refractivity contribution in [2.24, 2.45) is 11.3 Å². The summed E-state index contributed by atoms with van der Waals surface area (Å²) in [5.74, 6) is 0.257. The van der Waals surface area contributed by atoms with E-state index >= 15 is 0 Å². The second kappa shape index (κ2) is 11.6. The third-order valence-corrected chi connectivity index (χ3v) is 10.5. The molecule has 1 amide bonds. The average Bonchev–Trinajstić information content (AvgIpc) is 3.53. The molecule has 3 aliphatic heterocycles. The molecule has 1 saturated heterocycles. The number of alkyl halides is 3. The number of ether oxygens (including phenoxy) is 1. The van der Waals surface area contributed by atoms with Crippen LogP contribution in [-0.2, 0) is 16.4 Å². The van der Waals surface area contributed by atoms with Crippen molar-refractivity contribution in [3.05, 3.63) is 59.8 Å². The number of pyridine rings is 1. The largest absolute Gasteiger partial charge is 0.477 e. The first-order valence-corrected chi connectivity index (χ1v) is 16.7. The first kappa shape index (κ1) is 31.3. The van der Waals surface area contributed by atoms with Crippen molar-refractivity contribution < 1.29 is 31.1 Å². The lowest BCUT2D eigenvalue weighted by atomic mass is 9.96. The van der Waals surface area contributed by atoms with Gasteiger partial charge in [0.05, 0.1) is 22.5 Å². The maximum Gasteiger partial charge on any atom is 0.394 e. The van der Waals surface area contributed by atoms with Crippen LogP contribution in [0.5, 0.6) is 5.88 Å². The Bertz CT molecular complexity index is 1670. The van der Waals surface area contributed by atoms with Crippen LogP contribution in [-0.4, -0.2) is 67.0 Å². The highest BCUT2D eigenvalue weighted by Gasteiger charge is 2.62. The Kier molecular flexibility index (Phi) is 8.09. The molecular weight excluding hydrogens is 609 g/mol. The van der Waals surface area contributed by atoms with Gasteiger partial charge in [0.25, 0.3) is 15.9 Å². The molecule has 1 saturated carbocycles. The molecule has 242 valence electrons. The number of fused-ring (bicyclic) bond motifs is 8. The topological polar surface area (TPSA) is 118 Å². The molecule has 4 bridgehead atoms. The summed E-state index contributed by atoms with van der Waals surface area (Å²) < 4.78 is 75.4. The summed E-state index contributed by atoms with van der Waals surface area (Å²) in [6.45, 7) is 6.19. The summed E-state index contributed by atoms with van der Waals surface area (Å²) in [6.07, 6.45) is -0.0647. The van der Waals surface area contributed by atoms with Crippen molar-refractivity contribution in [2.45, 2.75) is 69.0 Å². The number of carbonyl (C=O) groups excluding carboxylic acids is 1. The molecule has 2 aromatic heterocycles. The Morgan fingerprint density at radius 2 is 1.84 bits per heavy atom. The Balaban J connectivity index is 1.29. The molecule has 10 nitrogen and oxygen atoms in total. The van der Waals surface area contributed by atoms with Gasteiger partial charge in [0.1, 0.15) is 5.82 Å². The molecule has 45 heavy (non-hydrogen) atoms. The highest BCUT2D eigenvalue weighted by molar-refractivity contribution is 7.90. The Morgan fingerprint density at radius 3 is 2.56 bits per heavy atom. The van der Waals surface area contributed by atoms with Crippen LogP contribution >= 0.6 is 0 Å². The van der Waals surface area contributed by atoms with Gasteiger partial charge < -0.3 is 15.0 Å². The number of halogens is 3. The number of aromatic nitrogens is 3. The number of hydrogen-bond acceptors (Lipinski definition) is 8. The fraction of sp³-hybridized carbons (Fsp3) is 0.516. The summed E-state index contributed by atoms with van der Waals surface area (Å²) in [4.78, 5) is 20.4. The second-order valence-corrected chi connectivity index (χ2v) is 14.6. The van der Waals surface area contributed by atoms with Crippen molar-refractivity contribution >= 4 is 21.7 Å². The number of aryl methyl sites for hydroxylation is 1. The number of nitrogens with one attached hydrogen (secondary N) is 2. The molecule has 1 aliphatic carbocycles. The van der Waals surface area contributed by atoms with Crippen molar-refractivity contribution in [1.29, 1.82) is 0 Å². The van der Waals surface area contributed by atoms with Crippen molar-refractivity contribution in [2.75, 3.05) is 31.1 Å². The minimum absolute atomic E-state index is 0.0124. The number of nitrogens with zero attached hydrogens (tertiary/aromatic N) is 4. The van der Waals surface area contributed by atoms with Gasteiger partial charge in [0, 0.05) is 24.3 Å². The van der Waals surface area contributed by atoms with Crippen LogP contribution in [0, 0.1) is 11.3 Å². The van der Waals surface area contributed by atoms with Gasteiger partial charge in [0.2, 0.25) is 5.88 Å². The second-order valence-electron chi connectivity index (χ2n) is 12.9. The molecule has 0 radical (unpaired) electrons. The van der Waals surface area contributed by atoms with Gasteiger partial charge in [0.15, 0.2) is 5.82 Å². The fourth-order valence-corrected chi connectivity index (χ4v) is 7.30. The molecule has 3 aromatic rings. The maximum absolute atomic E-state index is 13.6. The summed E-state index contributed by atoms with van der Waals surface area (Å²) >= 11 is 0. The van der Waals surface area contributed by atoms with Gasteiger partial charge in [-0.3, -0.25) is 4.79 Å². The molecule has 5 heterocycles. The number of amides is 1. The number of carbonyl (C=O) groups is 1. The molecule has 14 heteroatoms. The predicted octanol–water partition coefficient (Wildman–Crippen LogP) is 4.64. The summed E-state index contributed by atoms with van der Waals surface area (Å²) in [5, 5.41) is 7.90. The van der Waals surface area contributed by atoms with E-state index in [2.05, 4.69) is 29.0 Å². The number of sulfonamides is 1. The molecule has 1 atom stereocenters. The molecule has 2 fully saturated rings. The van der Waals surface area contributed by atoms with E-state index in [1.54, 1.807) is 30.5 Å². The zero-order chi connectivity index (χ0) is 32.0. The van der Waals surface area contributed by atoms with Crippen molar-refractivity contribution in [1.82, 2.24) is 24.8 Å². The third kappa shape index (κ3) is 6.53. The Hall–Kier alpha value is -3.65. The van der Waals surface area contributed by atoms with E-state index in [0.717, 1.165) is 37.9 Å². The van der Waals surface area contributed by atoms with E-state index in [1.807, 2.05) is 4.90 Å². The van der Waals surface area contributed by atoms with E-state index < -0.39 is 33.1 Å². The first-order chi connectivity index (χ1) is 21.3. The average molecular weight is 647 g/mol. The minimum Gasteiger partial charge on any atom is -0.477 e. The highest BCUT2D eigenvalue weighted by atomic mass is 32.2. The van der Waals surface area contributed by atoms with Gasteiger partial charge in [-0.15, -0.1) is 5.10 Å². The van der Waals surface area contributed by atoms with Crippen LogP contribution in [0.4, 0.5) is 19.0 Å². The van der Waals surface area contributed by atoms with Gasteiger partial charge in [-0.25, -0.2) is 22.8 Å². The smallest absolute Gasteiger partial charge is 0.394 e. The zero-order valence-corrected chi connectivity index (χ0v) is 26.0. The number of rotatable bonds is 5. The van der Waals surface area contributed by atoms with Gasteiger partial charge in [-0.1, -0.05) is 12.1 Å². The lowest BCUT2D eigenvalue weighted by molar-refractivity contribution is -0.190. The number of anilines is 1. The van der Waals surface area contributed by atoms with Crippen LogP contribution in [0.3, 0.4) is 0 Å². The van der Waals surface area contributed by atoms with E-state index in [1.165, 1.54) is 22.9 Å². The maximum atomic E-state index is 13.6. The Labute approximate surface area is 260 Å². The highest BCUT2D eigenvalue weighted by Crippen LogP contribution is 2.59. The van der Waals surface area contributed by atoms with Crippen LogP contribution in [0.25, 0.3) is 5.82 Å². The number of benzene rings is 1. The van der Waals surface area contributed by atoms with Crippen LogP contribution in [0.15, 0.2) is 53.6 Å². The standard InChI is InChI=1S/C31H37F3N6O4S/c1-29(2)18-22-19-35-15-3-4-21-5-7-23(8-6-21)45(42,43)38-28(41)24-9-10-25(36-27(24)39(29)20-22)40-16-11-26(37-40)44-17-14-30(12-13-30)31(32,33)34/h5-11,16,22,35H,3-4,12-15,17-20H2,1-2H3,(H,38,41). The lowest BCUT2D eigenvalue weighted by Gasteiger charge is -2.34. The molecule has 0 spiro atoms. The van der Waals surface area contributed by atoms with E-state index in [0.29, 0.717) is 18.2 Å². The van der Waals surface area contributed by atoms with Crippen LogP contribution < -0.4 is 19.7 Å². The number of hydrogen-bond donors (Lipinski definition) is 2. The molecule has 1 unspecified atom stereocenters. The molecular formula is C31H37F3N6O4S. The van der Waals surface area contributed by atoms with E-state index in [9.17, 15) is 26.4 Å². The minimum atomic E-state index is -4.25. The monoisotopic (exact) mass is 646 g/mol. The van der Waals surface area contributed by atoms with E-state index in [-0.39, 0.29) is 48.1 Å². The van der Waals surface area contributed by atoms with Gasteiger partial charge in [-0.2, -0.15) is 13.2 Å². The van der Waals surface area contributed by atoms with E-state index in [4.69, 9.17) is 9.72 Å². The molecule has 2 N–H and O–H groups in total. The molecule has 1 aromatic carbocycles. The van der Waals surface area contributed by atoms with Crippen molar-refractivity contribution in [3.8, 4) is 11.7 Å². The van der Waals surface area contributed by atoms with Crippen molar-refractivity contribution in [3.63, 3.8) is 0 Å². The molecule has 7 rings (SSSR count). The van der Waals surface area contributed by atoms with Gasteiger partial charge in [-0.05, 0) is 101 Å². The van der Waals surface area contributed by atoms with Crippen LogP contribution in [0.1, 0.15) is 61.9 Å².